The molecule has 0 aromatic carbocycles. The Kier molecular flexibility index (Phi) is 56.0. The highest BCUT2D eigenvalue weighted by atomic mass is 16.6. The summed E-state index contributed by atoms with van der Waals surface area (Å²) in [6.07, 6.45) is 86.0. The van der Waals surface area contributed by atoms with Gasteiger partial charge in [-0.05, 0) is 122 Å². The van der Waals surface area contributed by atoms with Crippen molar-refractivity contribution in [3.8, 4) is 0 Å². The molecule has 0 fully saturated rings. The van der Waals surface area contributed by atoms with Crippen molar-refractivity contribution in [2.45, 2.75) is 245 Å². The van der Waals surface area contributed by atoms with E-state index in [9.17, 15) is 14.4 Å². The van der Waals surface area contributed by atoms with Crippen LogP contribution in [0.5, 0.6) is 0 Å². The fourth-order valence-electron chi connectivity index (χ4n) is 7.51. The van der Waals surface area contributed by atoms with Gasteiger partial charge < -0.3 is 14.2 Å². The predicted molar refractivity (Wildman–Crippen MR) is 315 cm³/mol. The Morgan fingerprint density at radius 2 is 0.534 bits per heavy atom. The van der Waals surface area contributed by atoms with Crippen molar-refractivity contribution in [3.63, 3.8) is 0 Å². The molecule has 0 radical (unpaired) electrons. The van der Waals surface area contributed by atoms with Gasteiger partial charge >= 0.3 is 17.9 Å². The molecular weight excluding hydrogens is 901 g/mol. The lowest BCUT2D eigenvalue weighted by Gasteiger charge is -2.18. The number of allylic oxidation sites excluding steroid dienone is 24. The van der Waals surface area contributed by atoms with E-state index in [4.69, 9.17) is 14.2 Å². The molecule has 0 saturated carbocycles. The van der Waals surface area contributed by atoms with Gasteiger partial charge in [-0.25, -0.2) is 0 Å². The van der Waals surface area contributed by atoms with Crippen LogP contribution < -0.4 is 0 Å². The second-order valence-electron chi connectivity index (χ2n) is 18.8. The van der Waals surface area contributed by atoms with E-state index in [0.29, 0.717) is 25.7 Å². The third-order valence-electron chi connectivity index (χ3n) is 11.8. The molecule has 0 spiro atoms. The summed E-state index contributed by atoms with van der Waals surface area (Å²) in [4.78, 5) is 37.8. The number of carbonyl (C=O) groups is 3. The molecule has 0 aromatic rings. The molecule has 0 aliphatic heterocycles. The van der Waals surface area contributed by atoms with Gasteiger partial charge in [0.1, 0.15) is 13.2 Å². The lowest BCUT2D eigenvalue weighted by molar-refractivity contribution is -0.167. The van der Waals surface area contributed by atoms with Crippen molar-refractivity contribution < 1.29 is 28.6 Å². The quantitative estimate of drug-likeness (QED) is 0.0261. The van der Waals surface area contributed by atoms with Crippen molar-refractivity contribution in [1.82, 2.24) is 0 Å². The Morgan fingerprint density at radius 1 is 0.288 bits per heavy atom. The highest BCUT2D eigenvalue weighted by Gasteiger charge is 2.19. The van der Waals surface area contributed by atoms with Crippen LogP contribution in [0.3, 0.4) is 0 Å². The maximum atomic E-state index is 12.8. The normalized spacial score (nSPS) is 13.2. The molecule has 0 aliphatic carbocycles. The highest BCUT2D eigenvalue weighted by molar-refractivity contribution is 5.71. The topological polar surface area (TPSA) is 78.9 Å². The first kappa shape index (κ1) is 68.3. The minimum atomic E-state index is -0.801. The average molecular weight is 1010 g/mol. The van der Waals surface area contributed by atoms with Gasteiger partial charge in [-0.15, -0.1) is 0 Å². The van der Waals surface area contributed by atoms with E-state index < -0.39 is 6.10 Å². The van der Waals surface area contributed by atoms with Gasteiger partial charge in [-0.1, -0.05) is 244 Å². The van der Waals surface area contributed by atoms with Crippen LogP contribution in [0.4, 0.5) is 0 Å². The monoisotopic (exact) mass is 1010 g/mol. The highest BCUT2D eigenvalue weighted by Crippen LogP contribution is 2.14. The molecule has 0 rings (SSSR count). The summed E-state index contributed by atoms with van der Waals surface area (Å²) in [5, 5.41) is 0. The van der Waals surface area contributed by atoms with E-state index in [1.54, 1.807) is 0 Å². The summed E-state index contributed by atoms with van der Waals surface area (Å²) in [7, 11) is 0. The Hall–Kier alpha value is -4.71. The summed E-state index contributed by atoms with van der Waals surface area (Å²) < 4.78 is 16.7. The molecule has 0 amide bonds. The second kappa shape index (κ2) is 59.8. The smallest absolute Gasteiger partial charge is 0.306 e. The summed E-state index contributed by atoms with van der Waals surface area (Å²) in [6.45, 7) is 6.28. The minimum absolute atomic E-state index is 0.0993. The molecule has 6 heteroatoms. The molecule has 1 atom stereocenters. The van der Waals surface area contributed by atoms with E-state index in [2.05, 4.69) is 167 Å². The van der Waals surface area contributed by atoms with Crippen LogP contribution in [0.15, 0.2) is 146 Å². The minimum Gasteiger partial charge on any atom is -0.462 e. The lowest BCUT2D eigenvalue weighted by atomic mass is 10.0. The van der Waals surface area contributed by atoms with Crippen LogP contribution in [-0.4, -0.2) is 37.2 Å². The first-order valence-corrected chi connectivity index (χ1v) is 29.3. The summed E-state index contributed by atoms with van der Waals surface area (Å²) in [5.74, 6) is -0.970. The number of hydrogen-bond acceptors (Lipinski definition) is 6. The SMILES string of the molecule is CC/C=C\C/C=C\C/C=C\C/C=C\C/C=C\C/C=C\C/C=C\C/C=C\CCCCC(=O)OCC(COC(=O)CCCCCCC)OC(=O)CCCCCCCCCCCC/C=C\C/C=C\C/C=C\C/C=C\CC. The molecule has 0 heterocycles. The van der Waals surface area contributed by atoms with Gasteiger partial charge in [-0.2, -0.15) is 0 Å². The van der Waals surface area contributed by atoms with Crippen molar-refractivity contribution in [2.75, 3.05) is 13.2 Å². The first-order valence-electron chi connectivity index (χ1n) is 29.3. The zero-order chi connectivity index (χ0) is 52.9. The summed E-state index contributed by atoms with van der Waals surface area (Å²) in [6, 6.07) is 0. The zero-order valence-electron chi connectivity index (χ0n) is 46.8. The molecule has 410 valence electrons. The molecule has 0 bridgehead atoms. The molecule has 0 N–H and O–H groups in total. The van der Waals surface area contributed by atoms with E-state index in [-0.39, 0.29) is 31.1 Å². The number of ether oxygens (including phenoxy) is 3. The maximum absolute atomic E-state index is 12.8. The molecule has 0 aliphatic rings. The Morgan fingerprint density at radius 3 is 0.863 bits per heavy atom. The van der Waals surface area contributed by atoms with Crippen LogP contribution in [0.25, 0.3) is 0 Å². The second-order valence-corrected chi connectivity index (χ2v) is 18.8. The number of rotatable bonds is 51. The molecular formula is C67H106O6. The summed E-state index contributed by atoms with van der Waals surface area (Å²) >= 11 is 0. The number of carbonyl (C=O) groups excluding carboxylic acids is 3. The number of hydrogen-bond donors (Lipinski definition) is 0. The van der Waals surface area contributed by atoms with E-state index >= 15 is 0 Å². The molecule has 73 heavy (non-hydrogen) atoms. The van der Waals surface area contributed by atoms with Gasteiger partial charge in [0.15, 0.2) is 6.10 Å². The van der Waals surface area contributed by atoms with Gasteiger partial charge in [0.05, 0.1) is 0 Å². The predicted octanol–water partition coefficient (Wildman–Crippen LogP) is 20.0. The van der Waals surface area contributed by atoms with Crippen molar-refractivity contribution in [1.29, 1.82) is 0 Å². The fraction of sp³-hybridized carbons (Fsp3) is 0.597. The van der Waals surface area contributed by atoms with Crippen molar-refractivity contribution in [3.05, 3.63) is 146 Å². The Bertz CT molecular complexity index is 1630. The molecule has 1 unspecified atom stereocenters. The van der Waals surface area contributed by atoms with Crippen molar-refractivity contribution in [2.24, 2.45) is 0 Å². The van der Waals surface area contributed by atoms with Crippen molar-refractivity contribution >= 4 is 17.9 Å². The van der Waals surface area contributed by atoms with E-state index in [0.717, 1.165) is 141 Å². The Balaban J connectivity index is 4.22. The summed E-state index contributed by atoms with van der Waals surface area (Å²) in [5.41, 5.74) is 0. The van der Waals surface area contributed by atoms with Gasteiger partial charge in [0.25, 0.3) is 0 Å². The standard InChI is InChI=1S/C67H106O6/c1-4-7-10-13-15-17-19-21-23-25-27-29-31-32-33-34-36-37-39-41-43-45-47-49-51-54-57-60-66(69)72-63-64(62-71-65(68)59-56-53-12-9-6-3)73-67(70)61-58-55-52-50-48-46-44-42-40-38-35-30-28-26-24-22-20-18-16-14-11-8-5-2/h7-8,10-11,15-18,21-24,27-30,32-33,36-37,41,43,47,49,64H,4-6,9,12-14,19-20,25-26,31,34-35,38-40,42,44-46,48,50-63H2,1-3H3/b10-7-,11-8-,17-15-,18-16-,23-21-,24-22-,29-27-,30-28-,33-32-,37-36-,43-41-,49-47-. The van der Waals surface area contributed by atoms with E-state index in [1.807, 2.05) is 0 Å². The van der Waals surface area contributed by atoms with Gasteiger partial charge in [-0.3, -0.25) is 14.4 Å². The fourth-order valence-corrected chi connectivity index (χ4v) is 7.51. The molecule has 6 nitrogen and oxygen atoms in total. The van der Waals surface area contributed by atoms with Crippen LogP contribution in [0.1, 0.15) is 239 Å². The zero-order valence-corrected chi connectivity index (χ0v) is 46.8. The third kappa shape index (κ3) is 58.1. The molecule has 0 aromatic heterocycles. The molecule has 0 saturated heterocycles. The number of unbranched alkanes of at least 4 members (excludes halogenated alkanes) is 16. The average Bonchev–Trinajstić information content (AvgIpc) is 3.39. The first-order chi connectivity index (χ1) is 36.0. The largest absolute Gasteiger partial charge is 0.462 e. The number of esters is 3. The van der Waals surface area contributed by atoms with Crippen LogP contribution in [0.2, 0.25) is 0 Å². The van der Waals surface area contributed by atoms with Crippen LogP contribution >= 0.6 is 0 Å². The van der Waals surface area contributed by atoms with Crippen LogP contribution in [0, 0.1) is 0 Å². The lowest BCUT2D eigenvalue weighted by Crippen LogP contribution is -2.30. The van der Waals surface area contributed by atoms with Gasteiger partial charge in [0, 0.05) is 19.3 Å². The van der Waals surface area contributed by atoms with Crippen LogP contribution in [-0.2, 0) is 28.6 Å². The third-order valence-corrected chi connectivity index (χ3v) is 11.8. The Labute approximate surface area is 448 Å². The van der Waals surface area contributed by atoms with Gasteiger partial charge in [0.2, 0.25) is 0 Å². The maximum Gasteiger partial charge on any atom is 0.306 e. The van der Waals surface area contributed by atoms with E-state index in [1.165, 1.54) is 51.4 Å².